The van der Waals surface area contributed by atoms with E-state index in [4.69, 9.17) is 20.9 Å². The summed E-state index contributed by atoms with van der Waals surface area (Å²) in [7, 11) is 0. The minimum atomic E-state index is -0.481. The smallest absolute Gasteiger partial charge is 0.240 e. The molecule has 0 heterocycles. The average molecular weight is 380 g/mol. The maximum atomic E-state index is 9.47. The van der Waals surface area contributed by atoms with Crippen LogP contribution in [0, 0.1) is 22.7 Å². The van der Waals surface area contributed by atoms with E-state index in [1.165, 1.54) is 6.08 Å². The highest BCUT2D eigenvalue weighted by Crippen LogP contribution is 1.94. The van der Waals surface area contributed by atoms with Crippen LogP contribution < -0.4 is 11.5 Å². The number of carbonyl (C=O) groups excluding carboxylic acids is 1. The lowest BCUT2D eigenvalue weighted by Gasteiger charge is -2.14. The maximum Gasteiger partial charge on any atom is 0.240 e. The lowest BCUT2D eigenvalue weighted by Crippen LogP contribution is -2.16. The summed E-state index contributed by atoms with van der Waals surface area (Å²) in [6, 6.07) is 3.56. The molecule has 5 N–H and O–H groups in total. The summed E-state index contributed by atoms with van der Waals surface area (Å²) in [6.45, 7) is 15.7. The van der Waals surface area contributed by atoms with E-state index >= 15 is 0 Å². The van der Waals surface area contributed by atoms with Gasteiger partial charge in [-0.1, -0.05) is 24.8 Å². The van der Waals surface area contributed by atoms with Crippen LogP contribution in [0.4, 0.5) is 0 Å². The molecule has 0 aromatic rings. The van der Waals surface area contributed by atoms with Gasteiger partial charge >= 0.3 is 0 Å². The number of rotatable bonds is 8. The standard InChI is InChI=1S/C12H13N3.C3H5NO.C3H7N.ClHO/c1-3-7-15(8-4-2)9-5-6-12(10-13)11-14;1-2-3(4)5;1-2-3-4;1-2/h3-6,9H,1-2,7-8H2;2H,1H2,(H2,4,5);2H,1,3-4H2;2H. The third-order valence-corrected chi connectivity index (χ3v) is 1.90. The van der Waals surface area contributed by atoms with Gasteiger partial charge in [0, 0.05) is 19.6 Å². The van der Waals surface area contributed by atoms with Gasteiger partial charge in [0.2, 0.25) is 5.91 Å². The van der Waals surface area contributed by atoms with Gasteiger partial charge in [0.1, 0.15) is 17.7 Å². The normalized spacial score (nSPS) is 7.42. The van der Waals surface area contributed by atoms with Crippen LogP contribution in [0.1, 0.15) is 0 Å². The first kappa shape index (κ1) is 30.7. The van der Waals surface area contributed by atoms with Crippen LogP contribution in [-0.2, 0) is 4.79 Å². The van der Waals surface area contributed by atoms with E-state index in [9.17, 15) is 4.79 Å². The second kappa shape index (κ2) is 29.9. The Bertz CT molecular complexity index is 517. The quantitative estimate of drug-likeness (QED) is 0.255. The van der Waals surface area contributed by atoms with Gasteiger partial charge in [0.05, 0.1) is 11.9 Å². The molecule has 26 heavy (non-hydrogen) atoms. The highest BCUT2D eigenvalue weighted by Gasteiger charge is 1.91. The van der Waals surface area contributed by atoms with Crippen molar-refractivity contribution in [1.29, 1.82) is 10.5 Å². The number of carbonyl (C=O) groups is 1. The molecule has 0 atom stereocenters. The molecule has 0 aliphatic heterocycles. The van der Waals surface area contributed by atoms with E-state index in [1.807, 2.05) is 4.90 Å². The molecule has 0 fully saturated rings. The van der Waals surface area contributed by atoms with Gasteiger partial charge < -0.3 is 16.4 Å². The Morgan fingerprint density at radius 3 is 1.69 bits per heavy atom. The number of nitrogens with two attached hydrogens (primary N) is 2. The number of amides is 1. The number of nitriles is 2. The van der Waals surface area contributed by atoms with Crippen LogP contribution in [0.25, 0.3) is 0 Å². The van der Waals surface area contributed by atoms with Crippen molar-refractivity contribution in [3.63, 3.8) is 0 Å². The van der Waals surface area contributed by atoms with Crippen molar-refractivity contribution in [3.05, 3.63) is 74.5 Å². The van der Waals surface area contributed by atoms with Crippen molar-refractivity contribution in [2.24, 2.45) is 11.5 Å². The van der Waals surface area contributed by atoms with Crippen molar-refractivity contribution in [1.82, 2.24) is 4.90 Å². The number of allylic oxidation sites excluding steroid dienone is 3. The van der Waals surface area contributed by atoms with Gasteiger partial charge in [-0.05, 0) is 24.4 Å². The van der Waals surface area contributed by atoms with Crippen LogP contribution in [0.3, 0.4) is 0 Å². The fraction of sp³-hybridized carbons (Fsp3) is 0.167. The molecule has 0 bridgehead atoms. The number of primary amides is 1. The highest BCUT2D eigenvalue weighted by atomic mass is 35.5. The predicted molar refractivity (Wildman–Crippen MR) is 107 cm³/mol. The number of halogens is 1. The molecule has 0 aliphatic carbocycles. The van der Waals surface area contributed by atoms with Crippen molar-refractivity contribution >= 4 is 17.8 Å². The third-order valence-electron chi connectivity index (χ3n) is 1.90. The summed E-state index contributed by atoms with van der Waals surface area (Å²) in [5, 5.41) is 17.0. The summed E-state index contributed by atoms with van der Waals surface area (Å²) in [5.41, 5.74) is 9.53. The first-order valence-corrected chi connectivity index (χ1v) is 7.35. The maximum absolute atomic E-state index is 9.47. The molecule has 1 amide bonds. The third kappa shape index (κ3) is 32.7. The molecule has 0 saturated heterocycles. The summed E-state index contributed by atoms with van der Waals surface area (Å²) in [4.78, 5) is 11.4. The Morgan fingerprint density at radius 1 is 1.08 bits per heavy atom. The highest BCUT2D eigenvalue weighted by molar-refractivity contribution is 6.04. The zero-order chi connectivity index (χ0) is 21.2. The molecular weight excluding hydrogens is 354 g/mol. The van der Waals surface area contributed by atoms with Crippen molar-refractivity contribution < 1.29 is 9.45 Å². The molecule has 142 valence electrons. The first-order valence-electron chi connectivity index (χ1n) is 7.01. The number of nitrogens with zero attached hydrogens (tertiary/aromatic N) is 3. The molecule has 0 unspecified atom stereocenters. The average Bonchev–Trinajstić information content (AvgIpc) is 2.67. The van der Waals surface area contributed by atoms with Crippen LogP contribution in [0.15, 0.2) is 74.5 Å². The van der Waals surface area contributed by atoms with Gasteiger partial charge in [-0.15, -0.1) is 19.7 Å². The Hall–Kier alpha value is -3.10. The van der Waals surface area contributed by atoms with Gasteiger partial charge in [-0.25, -0.2) is 0 Å². The first-order chi connectivity index (χ1) is 12.5. The van der Waals surface area contributed by atoms with Crippen LogP contribution in [0.5, 0.6) is 0 Å². The van der Waals surface area contributed by atoms with Crippen LogP contribution >= 0.6 is 11.9 Å². The number of hydrogen-bond acceptors (Lipinski definition) is 6. The molecule has 8 heteroatoms. The Balaban J connectivity index is -0.000000181. The zero-order valence-corrected chi connectivity index (χ0v) is 15.5. The van der Waals surface area contributed by atoms with Gasteiger partial charge in [0.25, 0.3) is 0 Å². The Kier molecular flexibility index (Phi) is 35.3. The SMILES string of the molecule is C=CC(N)=O.C=CCN.C=CCN(C=CC=C(C#N)C#N)CC=C.OCl. The molecule has 0 aliphatic rings. The van der Waals surface area contributed by atoms with E-state index in [2.05, 4.69) is 43.9 Å². The molecule has 7 nitrogen and oxygen atoms in total. The molecule has 0 spiro atoms. The van der Waals surface area contributed by atoms with E-state index in [1.54, 1.807) is 42.6 Å². The van der Waals surface area contributed by atoms with Crippen LogP contribution in [0.2, 0.25) is 0 Å². The molecule has 0 aromatic heterocycles. The van der Waals surface area contributed by atoms with E-state index in [0.29, 0.717) is 19.6 Å². The molecule has 0 aromatic carbocycles. The molecule has 0 rings (SSSR count). The van der Waals surface area contributed by atoms with Crippen LogP contribution in [-0.4, -0.2) is 35.1 Å². The second-order valence-electron chi connectivity index (χ2n) is 3.81. The topological polar surface area (TPSA) is 140 Å². The fourth-order valence-electron chi connectivity index (χ4n) is 0.888. The van der Waals surface area contributed by atoms with Gasteiger partial charge in [0.15, 0.2) is 0 Å². The fourth-order valence-corrected chi connectivity index (χ4v) is 0.888. The van der Waals surface area contributed by atoms with E-state index in [-0.39, 0.29) is 5.57 Å². The second-order valence-corrected chi connectivity index (χ2v) is 3.81. The Labute approximate surface area is 160 Å². The summed E-state index contributed by atoms with van der Waals surface area (Å²) in [6.07, 6.45) is 11.2. The largest absolute Gasteiger partial charge is 0.370 e. The van der Waals surface area contributed by atoms with Gasteiger partial charge in [-0.3, -0.25) is 9.45 Å². The van der Waals surface area contributed by atoms with Crippen molar-refractivity contribution in [3.8, 4) is 12.1 Å². The molecular formula is C18H26ClN5O2. The summed E-state index contributed by atoms with van der Waals surface area (Å²) in [5.74, 6) is -0.481. The van der Waals surface area contributed by atoms with Crippen molar-refractivity contribution in [2.45, 2.75) is 0 Å². The lowest BCUT2D eigenvalue weighted by molar-refractivity contribution is -0.113. The van der Waals surface area contributed by atoms with Crippen molar-refractivity contribution in [2.75, 3.05) is 19.6 Å². The minimum absolute atomic E-state index is 0.0865. The number of hydrogen-bond donors (Lipinski definition) is 3. The predicted octanol–water partition coefficient (Wildman–Crippen LogP) is 2.07. The summed E-state index contributed by atoms with van der Waals surface area (Å²) < 4.78 is 6.47. The minimum Gasteiger partial charge on any atom is -0.370 e. The van der Waals surface area contributed by atoms with Gasteiger partial charge in [-0.2, -0.15) is 10.5 Å². The lowest BCUT2D eigenvalue weighted by atomic mass is 10.3. The van der Waals surface area contributed by atoms with E-state index in [0.717, 1.165) is 6.08 Å². The molecule has 0 radical (unpaired) electrons. The molecule has 0 saturated carbocycles. The zero-order valence-electron chi connectivity index (χ0n) is 14.7. The monoisotopic (exact) mass is 379 g/mol. The van der Waals surface area contributed by atoms with E-state index < -0.39 is 5.91 Å². The Morgan fingerprint density at radius 2 is 1.46 bits per heavy atom. The summed E-state index contributed by atoms with van der Waals surface area (Å²) >= 11 is 3.64.